The van der Waals surface area contributed by atoms with E-state index in [1.165, 1.54) is 12.1 Å². The number of nitrogens with zero attached hydrogens (tertiary/aromatic N) is 1. The van der Waals surface area contributed by atoms with Gasteiger partial charge in [0.15, 0.2) is 0 Å². The number of nitro groups is 1. The quantitative estimate of drug-likeness (QED) is 0.519. The Hall–Kier alpha value is -1.49. The summed E-state index contributed by atoms with van der Waals surface area (Å²) in [4.78, 5) is 10.00. The van der Waals surface area contributed by atoms with Crippen molar-refractivity contribution in [1.29, 1.82) is 0 Å². The lowest BCUT2D eigenvalue weighted by atomic mass is 9.90. The summed E-state index contributed by atoms with van der Waals surface area (Å²) in [5.74, 6) is -0.761. The van der Waals surface area contributed by atoms with Crippen LogP contribution in [0.5, 0.6) is 0 Å². The first kappa shape index (κ1) is 13.9. The van der Waals surface area contributed by atoms with Crippen LogP contribution in [-0.4, -0.2) is 16.1 Å². The second-order valence-electron chi connectivity index (χ2n) is 5.18. The van der Waals surface area contributed by atoms with E-state index in [4.69, 9.17) is 0 Å². The van der Waals surface area contributed by atoms with Crippen LogP contribution >= 0.6 is 0 Å². The average Bonchev–Trinajstić information content (AvgIpc) is 2.57. The van der Waals surface area contributed by atoms with Gasteiger partial charge in [0.2, 0.25) is 5.82 Å². The van der Waals surface area contributed by atoms with Gasteiger partial charge < -0.3 is 5.11 Å². The molecule has 104 valence electrons. The number of rotatable bonds is 3. The molecule has 0 saturated heterocycles. The van der Waals surface area contributed by atoms with Gasteiger partial charge in [-0.15, -0.1) is 0 Å². The number of halogens is 1. The van der Waals surface area contributed by atoms with E-state index in [9.17, 15) is 19.6 Å². The minimum atomic E-state index is -0.760. The normalized spacial score (nSPS) is 23.9. The zero-order chi connectivity index (χ0) is 13.8. The predicted molar refractivity (Wildman–Crippen MR) is 69.3 cm³/mol. The van der Waals surface area contributed by atoms with E-state index >= 15 is 0 Å². The van der Waals surface area contributed by atoms with Crippen LogP contribution < -0.4 is 0 Å². The van der Waals surface area contributed by atoms with E-state index < -0.39 is 22.5 Å². The Morgan fingerprint density at radius 3 is 2.79 bits per heavy atom. The van der Waals surface area contributed by atoms with Crippen LogP contribution in [0.2, 0.25) is 0 Å². The van der Waals surface area contributed by atoms with Gasteiger partial charge in [0.05, 0.1) is 11.0 Å². The molecule has 1 fully saturated rings. The van der Waals surface area contributed by atoms with Crippen molar-refractivity contribution in [2.24, 2.45) is 5.92 Å². The molecule has 0 heterocycles. The van der Waals surface area contributed by atoms with Crippen LogP contribution in [0.4, 0.5) is 10.1 Å². The minimum absolute atomic E-state index is 0.000922. The van der Waals surface area contributed by atoms with Gasteiger partial charge in [-0.25, -0.2) is 0 Å². The topological polar surface area (TPSA) is 63.4 Å². The molecule has 0 radical (unpaired) electrons. The molecule has 1 aliphatic rings. The highest BCUT2D eigenvalue weighted by molar-refractivity contribution is 5.37. The fourth-order valence-corrected chi connectivity index (χ4v) is 2.75. The summed E-state index contributed by atoms with van der Waals surface area (Å²) in [5, 5.41) is 20.7. The van der Waals surface area contributed by atoms with Crippen molar-refractivity contribution in [2.75, 3.05) is 0 Å². The fourth-order valence-electron chi connectivity index (χ4n) is 2.75. The molecule has 0 bridgehead atoms. The van der Waals surface area contributed by atoms with E-state index in [0.717, 1.165) is 32.1 Å². The third-order valence-electron chi connectivity index (χ3n) is 3.86. The summed E-state index contributed by atoms with van der Waals surface area (Å²) < 4.78 is 14.0. The van der Waals surface area contributed by atoms with E-state index in [1.807, 2.05) is 0 Å². The average molecular weight is 267 g/mol. The zero-order valence-electron chi connectivity index (χ0n) is 10.7. The summed E-state index contributed by atoms with van der Waals surface area (Å²) in [6.45, 7) is 0. The number of nitro benzene ring substituents is 1. The SMILES string of the molecule is O=[N+]([O-])c1cccc(CC2CCCCCC2O)c1F. The fraction of sp³-hybridized carbons (Fsp3) is 0.571. The second kappa shape index (κ2) is 6.10. The minimum Gasteiger partial charge on any atom is -0.393 e. The number of hydrogen-bond acceptors (Lipinski definition) is 3. The van der Waals surface area contributed by atoms with Crippen molar-refractivity contribution in [1.82, 2.24) is 0 Å². The maximum absolute atomic E-state index is 14.0. The van der Waals surface area contributed by atoms with E-state index in [2.05, 4.69) is 0 Å². The van der Waals surface area contributed by atoms with Crippen molar-refractivity contribution in [3.8, 4) is 0 Å². The molecule has 4 nitrogen and oxygen atoms in total. The second-order valence-corrected chi connectivity index (χ2v) is 5.18. The lowest BCUT2D eigenvalue weighted by Crippen LogP contribution is -2.21. The Bertz CT molecular complexity index is 464. The van der Waals surface area contributed by atoms with Crippen molar-refractivity contribution < 1.29 is 14.4 Å². The standard InChI is InChI=1S/C14H18FNO3/c15-14-11(6-4-7-12(14)16(18)19)9-10-5-2-1-3-8-13(10)17/h4,6-7,10,13,17H,1-3,5,8-9H2. The highest BCUT2D eigenvalue weighted by atomic mass is 19.1. The Kier molecular flexibility index (Phi) is 4.47. The number of hydrogen-bond donors (Lipinski definition) is 1. The Balaban J connectivity index is 2.18. The highest BCUT2D eigenvalue weighted by Crippen LogP contribution is 2.29. The third kappa shape index (κ3) is 3.29. The van der Waals surface area contributed by atoms with Gasteiger partial charge in [-0.3, -0.25) is 10.1 Å². The molecule has 5 heteroatoms. The zero-order valence-corrected chi connectivity index (χ0v) is 10.7. The lowest BCUT2D eigenvalue weighted by Gasteiger charge is -2.20. The maximum Gasteiger partial charge on any atom is 0.305 e. The molecule has 0 spiro atoms. The summed E-state index contributed by atoms with van der Waals surface area (Å²) in [6.07, 6.45) is 4.64. The molecule has 2 atom stereocenters. The molecule has 19 heavy (non-hydrogen) atoms. The number of benzene rings is 1. The molecular formula is C14H18FNO3. The highest BCUT2D eigenvalue weighted by Gasteiger charge is 2.25. The first-order chi connectivity index (χ1) is 9.09. The predicted octanol–water partition coefficient (Wildman–Crippen LogP) is 3.22. The van der Waals surface area contributed by atoms with Crippen molar-refractivity contribution in [3.05, 3.63) is 39.7 Å². The van der Waals surface area contributed by atoms with Crippen LogP contribution in [0.15, 0.2) is 18.2 Å². The van der Waals surface area contributed by atoms with Crippen molar-refractivity contribution in [2.45, 2.75) is 44.6 Å². The monoisotopic (exact) mass is 267 g/mol. The van der Waals surface area contributed by atoms with Gasteiger partial charge in [-0.1, -0.05) is 31.4 Å². The van der Waals surface area contributed by atoms with Crippen LogP contribution in [0.1, 0.15) is 37.7 Å². The first-order valence-corrected chi connectivity index (χ1v) is 6.69. The molecule has 1 aliphatic carbocycles. The Morgan fingerprint density at radius 1 is 1.32 bits per heavy atom. The van der Waals surface area contributed by atoms with Gasteiger partial charge >= 0.3 is 5.69 Å². The van der Waals surface area contributed by atoms with Crippen LogP contribution in [0, 0.1) is 21.8 Å². The molecule has 2 rings (SSSR count). The molecule has 0 amide bonds. The Morgan fingerprint density at radius 2 is 2.05 bits per heavy atom. The van der Waals surface area contributed by atoms with Gasteiger partial charge in [0.1, 0.15) is 0 Å². The summed E-state index contributed by atoms with van der Waals surface area (Å²) in [5.41, 5.74) is -0.152. The molecule has 0 aliphatic heterocycles. The third-order valence-corrected chi connectivity index (χ3v) is 3.86. The van der Waals surface area contributed by atoms with Gasteiger partial charge in [-0.2, -0.15) is 4.39 Å². The molecule has 1 aromatic carbocycles. The van der Waals surface area contributed by atoms with Gasteiger partial charge in [0.25, 0.3) is 0 Å². The summed E-state index contributed by atoms with van der Waals surface area (Å²) >= 11 is 0. The molecular weight excluding hydrogens is 249 g/mol. The van der Waals surface area contributed by atoms with E-state index in [1.54, 1.807) is 6.07 Å². The smallest absolute Gasteiger partial charge is 0.305 e. The van der Waals surface area contributed by atoms with Crippen LogP contribution in [0.3, 0.4) is 0 Å². The number of aliphatic hydroxyl groups excluding tert-OH is 1. The summed E-state index contributed by atoms with van der Waals surface area (Å²) in [6, 6.07) is 4.24. The number of aliphatic hydroxyl groups is 1. The van der Waals surface area contributed by atoms with Gasteiger partial charge in [0, 0.05) is 6.07 Å². The molecule has 1 saturated carbocycles. The maximum atomic E-state index is 14.0. The molecule has 0 aromatic heterocycles. The summed E-state index contributed by atoms with van der Waals surface area (Å²) in [7, 11) is 0. The van der Waals surface area contributed by atoms with Crippen LogP contribution in [0.25, 0.3) is 0 Å². The molecule has 1 aromatic rings. The van der Waals surface area contributed by atoms with E-state index in [-0.39, 0.29) is 5.92 Å². The Labute approximate surface area is 111 Å². The van der Waals surface area contributed by atoms with Crippen molar-refractivity contribution in [3.63, 3.8) is 0 Å². The van der Waals surface area contributed by atoms with Crippen molar-refractivity contribution >= 4 is 5.69 Å². The molecule has 1 N–H and O–H groups in total. The molecule has 2 unspecified atom stereocenters. The van der Waals surface area contributed by atoms with E-state index in [0.29, 0.717) is 12.0 Å². The first-order valence-electron chi connectivity index (χ1n) is 6.69. The lowest BCUT2D eigenvalue weighted by molar-refractivity contribution is -0.387. The largest absolute Gasteiger partial charge is 0.393 e. The van der Waals surface area contributed by atoms with Gasteiger partial charge in [-0.05, 0) is 30.7 Å². The van der Waals surface area contributed by atoms with Crippen LogP contribution in [-0.2, 0) is 6.42 Å².